The summed E-state index contributed by atoms with van der Waals surface area (Å²) in [7, 11) is 0. The number of H-pyrrole nitrogens is 1. The molecule has 1 N–H and O–H groups in total. The minimum Gasteiger partial charge on any atom is -0.459 e. The quantitative estimate of drug-likeness (QED) is 0.863. The number of rotatable bonds is 2. The molecule has 3 aliphatic heterocycles. The number of piperidine rings is 2. The lowest BCUT2D eigenvalue weighted by Crippen LogP contribution is -2.44. The molecule has 23 heavy (non-hydrogen) atoms. The van der Waals surface area contributed by atoms with Crippen molar-refractivity contribution in [2.75, 3.05) is 6.54 Å². The normalized spacial score (nSPS) is 35.0. The van der Waals surface area contributed by atoms with E-state index in [0.717, 1.165) is 30.2 Å². The molecule has 5 nitrogen and oxygen atoms in total. The molecule has 3 fully saturated rings. The Morgan fingerprint density at radius 3 is 3.00 bits per heavy atom. The van der Waals surface area contributed by atoms with Crippen LogP contribution in [0.3, 0.4) is 0 Å². The molecule has 1 aromatic heterocycles. The van der Waals surface area contributed by atoms with Crippen molar-refractivity contribution in [3.8, 4) is 0 Å². The molecule has 5 atom stereocenters. The van der Waals surface area contributed by atoms with Crippen molar-refractivity contribution >= 4 is 22.7 Å². The van der Waals surface area contributed by atoms with E-state index in [4.69, 9.17) is 4.74 Å². The number of carbonyl (C=O) groups excluding carboxylic acids is 2. The molecule has 118 valence electrons. The van der Waals surface area contributed by atoms with Crippen molar-refractivity contribution in [2.24, 2.45) is 5.92 Å². The largest absolute Gasteiger partial charge is 0.459 e. The van der Waals surface area contributed by atoms with Crippen LogP contribution in [0.15, 0.2) is 30.5 Å². The summed E-state index contributed by atoms with van der Waals surface area (Å²) in [6.07, 6.45) is 4.25. The van der Waals surface area contributed by atoms with E-state index in [1.807, 2.05) is 24.3 Å². The van der Waals surface area contributed by atoms with Crippen LogP contribution < -0.4 is 0 Å². The zero-order chi connectivity index (χ0) is 15.6. The monoisotopic (exact) mass is 310 g/mol. The Morgan fingerprint density at radius 2 is 2.09 bits per heavy atom. The molecule has 3 aliphatic rings. The van der Waals surface area contributed by atoms with Crippen LogP contribution in [0.4, 0.5) is 0 Å². The fourth-order valence-corrected chi connectivity index (χ4v) is 4.73. The molecule has 5 heteroatoms. The summed E-state index contributed by atoms with van der Waals surface area (Å²) in [5, 5.41) is 0.898. The van der Waals surface area contributed by atoms with Gasteiger partial charge in [0.25, 0.3) is 0 Å². The molecule has 5 rings (SSSR count). The van der Waals surface area contributed by atoms with E-state index in [9.17, 15) is 9.59 Å². The van der Waals surface area contributed by atoms with E-state index in [1.54, 1.807) is 6.20 Å². The molecule has 4 heterocycles. The Morgan fingerprint density at radius 1 is 1.22 bits per heavy atom. The van der Waals surface area contributed by atoms with Crippen molar-refractivity contribution in [1.29, 1.82) is 0 Å². The third-order valence-corrected chi connectivity index (χ3v) is 5.76. The highest BCUT2D eigenvalue weighted by Gasteiger charge is 2.55. The first-order valence-electron chi connectivity index (χ1n) is 8.26. The average molecular weight is 310 g/mol. The predicted molar refractivity (Wildman–Crippen MR) is 84.1 cm³/mol. The molecule has 5 unspecified atom stereocenters. The van der Waals surface area contributed by atoms with Gasteiger partial charge in [-0.25, -0.2) is 4.79 Å². The lowest BCUT2D eigenvalue weighted by Gasteiger charge is -2.35. The molecule has 0 amide bonds. The Kier molecular flexibility index (Phi) is 2.71. The van der Waals surface area contributed by atoms with Crippen LogP contribution in [-0.4, -0.2) is 46.4 Å². The first-order valence-corrected chi connectivity index (χ1v) is 8.26. The number of hydrogen-bond acceptors (Lipinski definition) is 4. The third kappa shape index (κ3) is 1.89. The Bertz CT molecular complexity index is 811. The van der Waals surface area contributed by atoms with Gasteiger partial charge in [-0.15, -0.1) is 0 Å². The number of aromatic amines is 1. The zero-order valence-corrected chi connectivity index (χ0v) is 12.7. The Labute approximate surface area is 133 Å². The van der Waals surface area contributed by atoms with Gasteiger partial charge in [0.05, 0.1) is 12.1 Å². The number of hydrogen-bond donors (Lipinski definition) is 1. The molecule has 2 aromatic rings. The lowest BCUT2D eigenvalue weighted by atomic mass is 9.96. The SMILES string of the molecule is O=C(OC1CC2CC3C(=O)CN2C3C1)c1c[nH]c2ccccc12. The first-order chi connectivity index (χ1) is 11.2. The number of fused-ring (bicyclic) bond motifs is 1. The summed E-state index contributed by atoms with van der Waals surface area (Å²) in [6.45, 7) is 0.600. The van der Waals surface area contributed by atoms with Crippen molar-refractivity contribution in [2.45, 2.75) is 37.5 Å². The van der Waals surface area contributed by atoms with Crippen LogP contribution in [0, 0.1) is 5.92 Å². The Balaban J connectivity index is 1.35. The molecular weight excluding hydrogens is 292 g/mol. The van der Waals surface area contributed by atoms with Crippen molar-refractivity contribution in [3.63, 3.8) is 0 Å². The topological polar surface area (TPSA) is 62.4 Å². The van der Waals surface area contributed by atoms with Crippen molar-refractivity contribution in [3.05, 3.63) is 36.0 Å². The number of ketones is 1. The van der Waals surface area contributed by atoms with Gasteiger partial charge < -0.3 is 9.72 Å². The maximum Gasteiger partial charge on any atom is 0.340 e. The summed E-state index contributed by atoms with van der Waals surface area (Å²) in [5.74, 6) is 0.286. The van der Waals surface area contributed by atoms with E-state index in [-0.39, 0.29) is 18.0 Å². The number of para-hydroxylation sites is 1. The second-order valence-corrected chi connectivity index (χ2v) is 6.95. The molecule has 0 aliphatic carbocycles. The number of Topliss-reactive ketones (excluding diaryl/α,β-unsaturated/α-hetero) is 1. The summed E-state index contributed by atoms with van der Waals surface area (Å²) < 4.78 is 5.79. The van der Waals surface area contributed by atoms with Gasteiger partial charge in [-0.3, -0.25) is 9.69 Å². The van der Waals surface area contributed by atoms with Crippen LogP contribution in [0.2, 0.25) is 0 Å². The average Bonchev–Trinajstić information content (AvgIpc) is 3.15. The van der Waals surface area contributed by atoms with E-state index in [0.29, 0.717) is 30.0 Å². The zero-order valence-electron chi connectivity index (χ0n) is 12.7. The number of benzene rings is 1. The smallest absolute Gasteiger partial charge is 0.340 e. The highest BCUT2D eigenvalue weighted by molar-refractivity contribution is 6.04. The number of nitrogens with zero attached hydrogens (tertiary/aromatic N) is 1. The van der Waals surface area contributed by atoms with Gasteiger partial charge in [0.15, 0.2) is 5.78 Å². The number of carbonyl (C=O) groups is 2. The standard InChI is InChI=1S/C18H18N2O3/c21-17-9-20-10-5-11(7-16(20)13(17)6-10)23-18(22)14-8-19-15-4-2-1-3-12(14)15/h1-4,8,10-11,13,16,19H,5-7,9H2. The van der Waals surface area contributed by atoms with Gasteiger partial charge in [0.1, 0.15) is 6.10 Å². The molecule has 0 saturated carbocycles. The molecular formula is C18H18N2O3. The number of esters is 1. The number of nitrogens with one attached hydrogen (secondary N) is 1. The van der Waals surface area contributed by atoms with E-state index >= 15 is 0 Å². The third-order valence-electron chi connectivity index (χ3n) is 5.76. The van der Waals surface area contributed by atoms with Gasteiger partial charge in [-0.2, -0.15) is 0 Å². The van der Waals surface area contributed by atoms with Gasteiger partial charge in [0.2, 0.25) is 0 Å². The van der Waals surface area contributed by atoms with E-state index < -0.39 is 0 Å². The molecule has 0 spiro atoms. The molecule has 4 bridgehead atoms. The highest BCUT2D eigenvalue weighted by Crippen LogP contribution is 2.45. The van der Waals surface area contributed by atoms with Crippen LogP contribution in [0.25, 0.3) is 10.9 Å². The van der Waals surface area contributed by atoms with E-state index in [2.05, 4.69) is 9.88 Å². The van der Waals surface area contributed by atoms with Crippen molar-refractivity contribution < 1.29 is 14.3 Å². The first kappa shape index (κ1) is 13.3. The fraction of sp³-hybridized carbons (Fsp3) is 0.444. The summed E-state index contributed by atoms with van der Waals surface area (Å²) >= 11 is 0. The molecule has 3 saturated heterocycles. The second kappa shape index (κ2) is 4.68. The summed E-state index contributed by atoms with van der Waals surface area (Å²) in [5.41, 5.74) is 1.54. The van der Waals surface area contributed by atoms with Gasteiger partial charge in [-0.1, -0.05) is 18.2 Å². The molecule has 0 radical (unpaired) electrons. The van der Waals surface area contributed by atoms with E-state index in [1.165, 1.54) is 0 Å². The highest BCUT2D eigenvalue weighted by atomic mass is 16.5. The molecule has 1 aromatic carbocycles. The summed E-state index contributed by atoms with van der Waals surface area (Å²) in [6, 6.07) is 8.44. The van der Waals surface area contributed by atoms with Crippen LogP contribution >= 0.6 is 0 Å². The fourth-order valence-electron chi connectivity index (χ4n) is 4.73. The lowest BCUT2D eigenvalue weighted by molar-refractivity contribution is -0.121. The van der Waals surface area contributed by atoms with Gasteiger partial charge in [-0.05, 0) is 12.5 Å². The van der Waals surface area contributed by atoms with Gasteiger partial charge in [0, 0.05) is 47.9 Å². The maximum atomic E-state index is 12.5. The van der Waals surface area contributed by atoms with Crippen molar-refractivity contribution in [1.82, 2.24) is 9.88 Å². The second-order valence-electron chi connectivity index (χ2n) is 6.95. The van der Waals surface area contributed by atoms with Crippen LogP contribution in [0.1, 0.15) is 29.6 Å². The predicted octanol–water partition coefficient (Wildman–Crippen LogP) is 2.13. The van der Waals surface area contributed by atoms with Gasteiger partial charge >= 0.3 is 5.97 Å². The minimum absolute atomic E-state index is 0.0710. The summed E-state index contributed by atoms with van der Waals surface area (Å²) in [4.78, 5) is 29.9. The minimum atomic E-state index is -0.262. The Hall–Kier alpha value is -2.14. The number of ether oxygens (including phenoxy) is 1. The van der Waals surface area contributed by atoms with Crippen LogP contribution in [0.5, 0.6) is 0 Å². The maximum absolute atomic E-state index is 12.5. The number of aromatic nitrogens is 1. The van der Waals surface area contributed by atoms with Crippen LogP contribution in [-0.2, 0) is 9.53 Å².